The van der Waals surface area contributed by atoms with Gasteiger partial charge in [0.25, 0.3) is 0 Å². The molecule has 0 aliphatic carbocycles. The normalized spacial score (nSPS) is 12.2. The van der Waals surface area contributed by atoms with Crippen molar-refractivity contribution in [1.82, 2.24) is 5.32 Å². The standard InChI is InChI=1S/C8H15ClN2O/c1-8(2,7(10)12)11-6-4-3-5-9/h3-4,11H,5-6H2,1-2H3,(H2,10,12)/b4-3+. The molecule has 3 nitrogen and oxygen atoms in total. The highest BCUT2D eigenvalue weighted by Gasteiger charge is 2.22. The van der Waals surface area contributed by atoms with Gasteiger partial charge in [-0.05, 0) is 13.8 Å². The van der Waals surface area contributed by atoms with Crippen molar-refractivity contribution in [3.05, 3.63) is 12.2 Å². The van der Waals surface area contributed by atoms with E-state index in [1.807, 2.05) is 12.2 Å². The second kappa shape index (κ2) is 5.17. The molecule has 0 radical (unpaired) electrons. The molecule has 3 N–H and O–H groups in total. The zero-order valence-electron chi connectivity index (χ0n) is 7.43. The molecule has 0 atom stereocenters. The first kappa shape index (κ1) is 11.5. The van der Waals surface area contributed by atoms with E-state index < -0.39 is 5.54 Å². The van der Waals surface area contributed by atoms with E-state index in [0.717, 1.165) is 0 Å². The molecule has 0 aromatic rings. The largest absolute Gasteiger partial charge is 0.368 e. The van der Waals surface area contributed by atoms with Crippen LogP contribution < -0.4 is 11.1 Å². The van der Waals surface area contributed by atoms with Gasteiger partial charge in [0.2, 0.25) is 5.91 Å². The van der Waals surface area contributed by atoms with Crippen molar-refractivity contribution in [3.63, 3.8) is 0 Å². The summed E-state index contributed by atoms with van der Waals surface area (Å²) in [5, 5.41) is 2.97. The van der Waals surface area contributed by atoms with Crippen LogP contribution in [-0.4, -0.2) is 23.9 Å². The number of rotatable bonds is 5. The van der Waals surface area contributed by atoms with Crippen LogP contribution in [0, 0.1) is 0 Å². The summed E-state index contributed by atoms with van der Waals surface area (Å²) in [4.78, 5) is 10.8. The van der Waals surface area contributed by atoms with Crippen molar-refractivity contribution in [2.45, 2.75) is 19.4 Å². The van der Waals surface area contributed by atoms with Crippen LogP contribution in [0.4, 0.5) is 0 Å². The van der Waals surface area contributed by atoms with Crippen LogP contribution in [0.15, 0.2) is 12.2 Å². The van der Waals surface area contributed by atoms with Gasteiger partial charge in [-0.3, -0.25) is 4.79 Å². The molecule has 0 spiro atoms. The summed E-state index contributed by atoms with van der Waals surface area (Å²) in [6.07, 6.45) is 3.67. The highest BCUT2D eigenvalue weighted by Crippen LogP contribution is 1.98. The summed E-state index contributed by atoms with van der Waals surface area (Å²) in [5.74, 6) is 0.125. The highest BCUT2D eigenvalue weighted by atomic mass is 35.5. The Balaban J connectivity index is 3.76. The molecular formula is C8H15ClN2O. The van der Waals surface area contributed by atoms with Crippen molar-refractivity contribution >= 4 is 17.5 Å². The Morgan fingerprint density at radius 1 is 1.58 bits per heavy atom. The van der Waals surface area contributed by atoms with Crippen LogP contribution in [0.5, 0.6) is 0 Å². The van der Waals surface area contributed by atoms with Crippen molar-refractivity contribution in [2.75, 3.05) is 12.4 Å². The first-order valence-corrected chi connectivity index (χ1v) is 4.30. The zero-order chi connectivity index (χ0) is 9.61. The summed E-state index contributed by atoms with van der Waals surface area (Å²) < 4.78 is 0. The third kappa shape index (κ3) is 4.36. The van der Waals surface area contributed by atoms with E-state index in [1.165, 1.54) is 0 Å². The molecule has 12 heavy (non-hydrogen) atoms. The molecule has 0 saturated carbocycles. The molecule has 1 amide bonds. The maximum atomic E-state index is 10.8. The minimum absolute atomic E-state index is 0.359. The van der Waals surface area contributed by atoms with Gasteiger partial charge in [-0.2, -0.15) is 0 Å². The van der Waals surface area contributed by atoms with Gasteiger partial charge in [0.15, 0.2) is 0 Å². The predicted molar refractivity (Wildman–Crippen MR) is 51.1 cm³/mol. The molecular weight excluding hydrogens is 176 g/mol. The monoisotopic (exact) mass is 190 g/mol. The molecule has 0 saturated heterocycles. The lowest BCUT2D eigenvalue weighted by molar-refractivity contribution is -0.123. The van der Waals surface area contributed by atoms with Crippen LogP contribution in [0.1, 0.15) is 13.8 Å². The Morgan fingerprint density at radius 2 is 2.17 bits per heavy atom. The molecule has 0 aliphatic heterocycles. The number of halogens is 1. The number of hydrogen-bond acceptors (Lipinski definition) is 2. The summed E-state index contributed by atoms with van der Waals surface area (Å²) in [5.41, 5.74) is 4.48. The van der Waals surface area contributed by atoms with E-state index in [2.05, 4.69) is 5.32 Å². The maximum Gasteiger partial charge on any atom is 0.237 e. The van der Waals surface area contributed by atoms with Gasteiger partial charge in [0.1, 0.15) is 0 Å². The molecule has 0 heterocycles. The quantitative estimate of drug-likeness (QED) is 0.494. The Kier molecular flexibility index (Phi) is 4.93. The zero-order valence-corrected chi connectivity index (χ0v) is 8.19. The summed E-state index contributed by atoms with van der Waals surface area (Å²) in [6, 6.07) is 0. The second-order valence-corrected chi connectivity index (χ2v) is 3.30. The summed E-state index contributed by atoms with van der Waals surface area (Å²) in [7, 11) is 0. The van der Waals surface area contributed by atoms with E-state index in [4.69, 9.17) is 17.3 Å². The van der Waals surface area contributed by atoms with E-state index in [-0.39, 0.29) is 5.91 Å². The van der Waals surface area contributed by atoms with Gasteiger partial charge < -0.3 is 11.1 Å². The summed E-state index contributed by atoms with van der Waals surface area (Å²) in [6.45, 7) is 4.08. The summed E-state index contributed by atoms with van der Waals surface area (Å²) >= 11 is 5.41. The number of carbonyl (C=O) groups excluding carboxylic acids is 1. The third-order valence-corrected chi connectivity index (χ3v) is 1.71. The van der Waals surface area contributed by atoms with Crippen LogP contribution in [-0.2, 0) is 4.79 Å². The minimum atomic E-state index is -0.656. The van der Waals surface area contributed by atoms with Gasteiger partial charge in [-0.1, -0.05) is 12.2 Å². The van der Waals surface area contributed by atoms with Gasteiger partial charge in [0, 0.05) is 12.4 Å². The lowest BCUT2D eigenvalue weighted by Gasteiger charge is -2.20. The third-order valence-electron chi connectivity index (χ3n) is 1.53. The smallest absolute Gasteiger partial charge is 0.237 e. The molecule has 0 rings (SSSR count). The van der Waals surface area contributed by atoms with Crippen LogP contribution in [0.2, 0.25) is 0 Å². The molecule has 70 valence electrons. The topological polar surface area (TPSA) is 55.1 Å². The Labute approximate surface area is 78.0 Å². The van der Waals surface area contributed by atoms with Gasteiger partial charge in [0.05, 0.1) is 5.54 Å². The van der Waals surface area contributed by atoms with Crippen molar-refractivity contribution in [3.8, 4) is 0 Å². The molecule has 0 fully saturated rings. The highest BCUT2D eigenvalue weighted by molar-refractivity contribution is 6.18. The van der Waals surface area contributed by atoms with Crippen molar-refractivity contribution < 1.29 is 4.79 Å². The average molecular weight is 191 g/mol. The van der Waals surface area contributed by atoms with Crippen molar-refractivity contribution in [1.29, 1.82) is 0 Å². The molecule has 4 heteroatoms. The molecule has 0 aromatic carbocycles. The van der Waals surface area contributed by atoms with Crippen LogP contribution >= 0.6 is 11.6 Å². The van der Waals surface area contributed by atoms with Crippen LogP contribution in [0.25, 0.3) is 0 Å². The van der Waals surface area contributed by atoms with E-state index in [9.17, 15) is 4.79 Å². The number of nitrogens with one attached hydrogen (secondary N) is 1. The molecule has 0 aromatic heterocycles. The Hall–Kier alpha value is -0.540. The SMILES string of the molecule is CC(C)(NC/C=C/CCl)C(N)=O. The number of hydrogen-bond donors (Lipinski definition) is 2. The predicted octanol–water partition coefficient (Wildman–Crippen LogP) is 0.635. The fourth-order valence-electron chi connectivity index (χ4n) is 0.548. The lowest BCUT2D eigenvalue weighted by atomic mass is 10.1. The number of allylic oxidation sites excluding steroid dienone is 1. The van der Waals surface area contributed by atoms with Crippen molar-refractivity contribution in [2.24, 2.45) is 5.73 Å². The van der Waals surface area contributed by atoms with Crippen LogP contribution in [0.3, 0.4) is 0 Å². The molecule has 0 aliphatic rings. The number of nitrogens with two attached hydrogens (primary N) is 1. The van der Waals surface area contributed by atoms with E-state index >= 15 is 0 Å². The number of alkyl halides is 1. The Bertz CT molecular complexity index is 178. The minimum Gasteiger partial charge on any atom is -0.368 e. The van der Waals surface area contributed by atoms with E-state index in [1.54, 1.807) is 13.8 Å². The maximum absolute atomic E-state index is 10.8. The number of amides is 1. The second-order valence-electron chi connectivity index (χ2n) is 3.00. The van der Waals surface area contributed by atoms with Gasteiger partial charge >= 0.3 is 0 Å². The fourth-order valence-corrected chi connectivity index (χ4v) is 0.674. The average Bonchev–Trinajstić information content (AvgIpc) is 1.98. The van der Waals surface area contributed by atoms with Gasteiger partial charge in [-0.25, -0.2) is 0 Å². The molecule has 0 bridgehead atoms. The molecule has 0 unspecified atom stereocenters. The Morgan fingerprint density at radius 3 is 2.58 bits per heavy atom. The van der Waals surface area contributed by atoms with E-state index in [0.29, 0.717) is 12.4 Å². The fraction of sp³-hybridized carbons (Fsp3) is 0.625. The lowest BCUT2D eigenvalue weighted by Crippen LogP contribution is -2.50. The number of carbonyl (C=O) groups is 1. The first-order valence-electron chi connectivity index (χ1n) is 3.76. The first-order chi connectivity index (χ1) is 5.50. The van der Waals surface area contributed by atoms with Gasteiger partial charge in [-0.15, -0.1) is 11.6 Å². The number of primary amides is 1.